The van der Waals surface area contributed by atoms with Crippen LogP contribution >= 0.6 is 11.3 Å². The minimum absolute atomic E-state index is 0.134. The van der Waals surface area contributed by atoms with Crippen molar-refractivity contribution in [2.24, 2.45) is 0 Å². The lowest BCUT2D eigenvalue weighted by atomic mass is 10.1. The van der Waals surface area contributed by atoms with E-state index in [0.29, 0.717) is 16.0 Å². The molecule has 146 valence electrons. The van der Waals surface area contributed by atoms with Crippen molar-refractivity contribution in [2.45, 2.75) is 12.8 Å². The molecule has 0 aliphatic carbocycles. The predicted octanol–water partition coefficient (Wildman–Crippen LogP) is 4.10. The number of aromatic nitrogens is 1. The van der Waals surface area contributed by atoms with Crippen LogP contribution in [0.1, 0.15) is 22.2 Å². The number of carbonyl (C=O) groups is 2. The van der Waals surface area contributed by atoms with Crippen molar-refractivity contribution in [1.82, 2.24) is 10.3 Å². The van der Waals surface area contributed by atoms with Gasteiger partial charge in [0.15, 0.2) is 5.75 Å². The van der Waals surface area contributed by atoms with Crippen LogP contribution in [0.15, 0.2) is 42.7 Å². The third kappa shape index (κ3) is 3.79. The molecule has 9 heteroatoms. The number of ether oxygens (including phenoxy) is 2. The molecule has 0 saturated heterocycles. The quantitative estimate of drug-likeness (QED) is 0.624. The second-order valence-corrected chi connectivity index (χ2v) is 6.74. The number of thiophene rings is 1. The Morgan fingerprint density at radius 3 is 2.57 bits per heavy atom. The number of fused-ring (bicyclic) bond motifs is 1. The van der Waals surface area contributed by atoms with Crippen molar-refractivity contribution in [3.05, 3.63) is 53.2 Å². The zero-order valence-corrected chi connectivity index (χ0v) is 15.8. The average molecular weight is 406 g/mol. The highest BCUT2D eigenvalue weighted by Crippen LogP contribution is 2.36. The normalized spacial score (nSPS) is 11.3. The van der Waals surface area contributed by atoms with E-state index in [-0.39, 0.29) is 18.3 Å². The summed E-state index contributed by atoms with van der Waals surface area (Å²) in [5, 5.41) is 3.23. The van der Waals surface area contributed by atoms with Crippen LogP contribution in [0.5, 0.6) is 11.5 Å². The highest BCUT2D eigenvalue weighted by molar-refractivity contribution is 7.20. The maximum Gasteiger partial charge on any atom is 0.381 e. The molecule has 3 rings (SSSR count). The number of alkyl halides is 2. The van der Waals surface area contributed by atoms with E-state index in [0.717, 1.165) is 16.8 Å². The van der Waals surface area contributed by atoms with Crippen molar-refractivity contribution in [2.75, 3.05) is 13.7 Å². The summed E-state index contributed by atoms with van der Waals surface area (Å²) >= 11 is 1.26. The maximum atomic E-state index is 14.1. The van der Waals surface area contributed by atoms with Crippen molar-refractivity contribution in [1.29, 1.82) is 0 Å². The van der Waals surface area contributed by atoms with Gasteiger partial charge in [-0.05, 0) is 37.3 Å². The largest absolute Gasteiger partial charge is 0.461 e. The first-order valence-electron chi connectivity index (χ1n) is 8.30. The molecule has 0 fully saturated rings. The third-order valence-electron chi connectivity index (χ3n) is 3.84. The number of nitrogens with one attached hydrogen (secondary N) is 1. The van der Waals surface area contributed by atoms with E-state index >= 15 is 0 Å². The van der Waals surface area contributed by atoms with Gasteiger partial charge in [-0.15, -0.1) is 11.3 Å². The number of hydrogen-bond donors (Lipinski definition) is 1. The molecule has 1 N–H and O–H groups in total. The molecule has 0 aliphatic rings. The highest BCUT2D eigenvalue weighted by atomic mass is 32.1. The minimum atomic E-state index is -3.74. The zero-order chi connectivity index (χ0) is 20.3. The number of pyridine rings is 1. The number of carbonyl (C=O) groups excluding carboxylic acids is 2. The third-order valence-corrected chi connectivity index (χ3v) is 4.91. The molecule has 0 atom stereocenters. The van der Waals surface area contributed by atoms with Gasteiger partial charge >= 0.3 is 11.9 Å². The summed E-state index contributed by atoms with van der Waals surface area (Å²) in [5.41, 5.74) is -0.493. The molecule has 0 spiro atoms. The Kier molecular flexibility index (Phi) is 5.55. The van der Waals surface area contributed by atoms with Gasteiger partial charge in [-0.1, -0.05) is 0 Å². The van der Waals surface area contributed by atoms with E-state index in [1.54, 1.807) is 12.3 Å². The zero-order valence-electron chi connectivity index (χ0n) is 15.0. The summed E-state index contributed by atoms with van der Waals surface area (Å²) < 4.78 is 39.0. The average Bonchev–Trinajstić information content (AvgIpc) is 3.13. The molecule has 0 bridgehead atoms. The van der Waals surface area contributed by atoms with Crippen LogP contribution in [-0.2, 0) is 15.5 Å². The van der Waals surface area contributed by atoms with Crippen molar-refractivity contribution in [3.63, 3.8) is 0 Å². The van der Waals surface area contributed by atoms with Crippen LogP contribution in [0, 0.1) is 0 Å². The fourth-order valence-electron chi connectivity index (χ4n) is 2.45. The van der Waals surface area contributed by atoms with Gasteiger partial charge < -0.3 is 14.8 Å². The van der Waals surface area contributed by atoms with E-state index in [1.165, 1.54) is 43.6 Å². The van der Waals surface area contributed by atoms with Gasteiger partial charge in [-0.2, -0.15) is 8.78 Å². The van der Waals surface area contributed by atoms with E-state index in [2.05, 4.69) is 15.0 Å². The molecule has 1 aromatic carbocycles. The molecule has 1 amide bonds. The van der Waals surface area contributed by atoms with Crippen LogP contribution in [0.2, 0.25) is 0 Å². The summed E-state index contributed by atoms with van der Waals surface area (Å²) in [6, 6.07) is 6.53. The lowest BCUT2D eigenvalue weighted by Gasteiger charge is -2.15. The summed E-state index contributed by atoms with van der Waals surface area (Å²) in [5.74, 6) is -4.90. The Balaban J connectivity index is 1.85. The van der Waals surface area contributed by atoms with Crippen LogP contribution < -0.4 is 10.1 Å². The van der Waals surface area contributed by atoms with Gasteiger partial charge in [0.1, 0.15) is 5.75 Å². The number of esters is 1. The number of benzene rings is 1. The van der Waals surface area contributed by atoms with Crippen LogP contribution in [0.25, 0.3) is 10.1 Å². The maximum absolute atomic E-state index is 14.1. The van der Waals surface area contributed by atoms with Crippen molar-refractivity contribution in [3.8, 4) is 11.5 Å². The SMILES string of the molecule is CCOC(=O)C(F)(F)c1ccc(Oc2cncc3sc(C(=O)NC)cc23)cc1. The first-order valence-corrected chi connectivity index (χ1v) is 9.11. The van der Waals surface area contributed by atoms with Gasteiger partial charge in [0.25, 0.3) is 5.91 Å². The summed E-state index contributed by atoms with van der Waals surface area (Å²) in [4.78, 5) is 27.8. The van der Waals surface area contributed by atoms with Crippen molar-refractivity contribution < 1.29 is 27.8 Å². The van der Waals surface area contributed by atoms with Crippen LogP contribution in [0.3, 0.4) is 0 Å². The first-order chi connectivity index (χ1) is 13.4. The Bertz CT molecular complexity index is 1020. The van der Waals surface area contributed by atoms with Gasteiger partial charge in [-0.3, -0.25) is 9.78 Å². The summed E-state index contributed by atoms with van der Waals surface area (Å²) in [6.45, 7) is 1.32. The Hall–Kier alpha value is -3.07. The lowest BCUT2D eigenvalue weighted by molar-refractivity contribution is -0.173. The van der Waals surface area contributed by atoms with E-state index in [9.17, 15) is 18.4 Å². The molecular weight excluding hydrogens is 390 g/mol. The van der Waals surface area contributed by atoms with Gasteiger partial charge in [0, 0.05) is 24.2 Å². The van der Waals surface area contributed by atoms with Gasteiger partial charge in [-0.25, -0.2) is 4.79 Å². The van der Waals surface area contributed by atoms with Crippen molar-refractivity contribution >= 4 is 33.3 Å². The van der Waals surface area contributed by atoms with Gasteiger partial charge in [0.05, 0.1) is 22.4 Å². The number of rotatable bonds is 6. The molecule has 2 heterocycles. The first kappa shape index (κ1) is 19.7. The Labute approximate surface area is 163 Å². The predicted molar refractivity (Wildman–Crippen MR) is 100 cm³/mol. The number of hydrogen-bond acceptors (Lipinski definition) is 6. The molecule has 2 aromatic heterocycles. The van der Waals surface area contributed by atoms with E-state index < -0.39 is 17.5 Å². The van der Waals surface area contributed by atoms with Crippen LogP contribution in [0.4, 0.5) is 8.78 Å². The standard InChI is InChI=1S/C19H16F2N2O4S/c1-3-26-18(25)19(20,21)11-4-6-12(7-5-11)27-14-9-23-10-16-13(14)8-15(28-16)17(24)22-2/h4-10H,3H2,1-2H3,(H,22,24). The van der Waals surface area contributed by atoms with E-state index in [1.807, 2.05) is 0 Å². The lowest BCUT2D eigenvalue weighted by Crippen LogP contribution is -2.28. The summed E-state index contributed by atoms with van der Waals surface area (Å²) in [7, 11) is 1.54. The monoisotopic (exact) mass is 406 g/mol. The molecule has 0 radical (unpaired) electrons. The molecular formula is C19H16F2N2O4S. The molecule has 0 unspecified atom stereocenters. The Morgan fingerprint density at radius 1 is 1.21 bits per heavy atom. The highest BCUT2D eigenvalue weighted by Gasteiger charge is 2.42. The van der Waals surface area contributed by atoms with E-state index in [4.69, 9.17) is 4.74 Å². The second-order valence-electron chi connectivity index (χ2n) is 5.66. The number of nitrogens with zero attached hydrogens (tertiary/aromatic N) is 1. The number of halogens is 2. The van der Waals surface area contributed by atoms with Crippen LogP contribution in [-0.4, -0.2) is 30.5 Å². The fourth-order valence-corrected chi connectivity index (χ4v) is 3.44. The molecule has 0 aliphatic heterocycles. The molecule has 3 aromatic rings. The summed E-state index contributed by atoms with van der Waals surface area (Å²) in [6.07, 6.45) is 3.09. The molecule has 28 heavy (non-hydrogen) atoms. The number of amides is 1. The smallest absolute Gasteiger partial charge is 0.381 e. The minimum Gasteiger partial charge on any atom is -0.461 e. The molecule has 0 saturated carbocycles. The Morgan fingerprint density at radius 2 is 1.93 bits per heavy atom. The topological polar surface area (TPSA) is 77.5 Å². The van der Waals surface area contributed by atoms with Gasteiger partial charge in [0.2, 0.25) is 0 Å². The fraction of sp³-hybridized carbons (Fsp3) is 0.211. The second kappa shape index (κ2) is 7.89. The molecule has 6 nitrogen and oxygen atoms in total.